The van der Waals surface area contributed by atoms with Gasteiger partial charge in [0.15, 0.2) is 5.71 Å². The SMILES string of the molecule is CCN1/C(=C/C=C/C2=Nc3c(ccc[n+]3CCCCCC(=O)ON3C(=O)CCC3=O)C2(C)C)Sc2ccc(S(=O)(=O)[O-])cc21.[Na+]. The van der Waals surface area contributed by atoms with Gasteiger partial charge in [-0.25, -0.2) is 17.8 Å². The first kappa shape index (κ1) is 35.1. The van der Waals surface area contributed by atoms with Gasteiger partial charge in [0.25, 0.3) is 11.8 Å². The quantitative estimate of drug-likeness (QED) is 0.115. The Morgan fingerprint density at radius 3 is 2.58 bits per heavy atom. The monoisotopic (exact) mass is 661 g/mol. The number of hydroxylamine groups is 2. The zero-order chi connectivity index (χ0) is 31.6. The molecule has 0 bridgehead atoms. The number of thioether (sulfide) groups is 1. The van der Waals surface area contributed by atoms with E-state index in [-0.39, 0.29) is 59.1 Å². The Morgan fingerprint density at radius 2 is 1.89 bits per heavy atom. The fourth-order valence-electron chi connectivity index (χ4n) is 5.41. The number of rotatable bonds is 11. The number of anilines is 1. The van der Waals surface area contributed by atoms with Gasteiger partial charge in [-0.3, -0.25) is 9.59 Å². The molecule has 3 aliphatic rings. The van der Waals surface area contributed by atoms with E-state index in [2.05, 4.69) is 24.5 Å². The van der Waals surface area contributed by atoms with Crippen LogP contribution in [0.1, 0.15) is 64.9 Å². The van der Waals surface area contributed by atoms with E-state index in [1.54, 1.807) is 6.07 Å². The van der Waals surface area contributed by atoms with Crippen molar-refractivity contribution in [2.24, 2.45) is 4.99 Å². The van der Waals surface area contributed by atoms with Crippen molar-refractivity contribution >= 4 is 56.9 Å². The Balaban J connectivity index is 0.00000461. The first-order chi connectivity index (χ1) is 20.9. The summed E-state index contributed by atoms with van der Waals surface area (Å²) in [5.74, 6) is -0.651. The van der Waals surface area contributed by atoms with E-state index in [0.29, 0.717) is 30.3 Å². The summed E-state index contributed by atoms with van der Waals surface area (Å²) in [6.07, 6.45) is 10.3. The summed E-state index contributed by atoms with van der Waals surface area (Å²) >= 11 is 1.52. The van der Waals surface area contributed by atoms with Gasteiger partial charge in [-0.15, -0.1) is 5.06 Å². The number of aliphatic imine (C=N–C) groups is 1. The number of pyridine rings is 1. The van der Waals surface area contributed by atoms with Crippen LogP contribution < -0.4 is 39.0 Å². The van der Waals surface area contributed by atoms with E-state index in [9.17, 15) is 27.4 Å². The van der Waals surface area contributed by atoms with E-state index < -0.39 is 27.9 Å². The smallest absolute Gasteiger partial charge is 0.744 e. The largest absolute Gasteiger partial charge is 1.00 e. The summed E-state index contributed by atoms with van der Waals surface area (Å²) in [6.45, 7) is 7.55. The number of carbonyl (C=O) groups excluding carboxylic acids is 3. The molecular formula is C31H34N4NaO7S2+. The molecule has 11 nitrogen and oxygen atoms in total. The standard InChI is InChI=1S/C31H34N4O7S2.Na/c1-4-34-23-20-21(44(39,40)41)14-15-24(23)43-28(34)12-8-11-25-31(2,3)22-10-9-19-33(30(22)32-25)18-7-5-6-13-29(38)42-35-26(36)16-17-27(35)37;/h8-12,14-15,19-20H,4-7,13,16-18H2,1-3H3;/q;+1. The number of aryl methyl sites for hydroxylation is 1. The number of amides is 2. The fourth-order valence-corrected chi connectivity index (χ4v) is 7.02. The number of aromatic nitrogens is 1. The third-order valence-electron chi connectivity index (χ3n) is 7.86. The molecule has 1 aromatic carbocycles. The molecule has 0 radical (unpaired) electrons. The molecule has 3 aliphatic heterocycles. The normalized spacial score (nSPS) is 18.0. The average molecular weight is 662 g/mol. The van der Waals surface area contributed by atoms with Gasteiger partial charge < -0.3 is 14.3 Å². The molecule has 0 spiro atoms. The maximum absolute atomic E-state index is 12.1. The van der Waals surface area contributed by atoms with Crippen molar-refractivity contribution in [3.05, 3.63) is 65.3 Å². The summed E-state index contributed by atoms with van der Waals surface area (Å²) in [5.41, 5.74) is 2.39. The second kappa shape index (κ2) is 14.3. The van der Waals surface area contributed by atoms with Gasteiger partial charge in [-0.2, -0.15) is 0 Å². The number of hydrogen-bond acceptors (Lipinski definition) is 10. The minimum absolute atomic E-state index is 0. The first-order valence-corrected chi connectivity index (χ1v) is 16.7. The number of hydrogen-bond donors (Lipinski definition) is 0. The number of fused-ring (bicyclic) bond motifs is 2. The molecule has 0 N–H and O–H groups in total. The maximum Gasteiger partial charge on any atom is 1.00 e. The van der Waals surface area contributed by atoms with Gasteiger partial charge in [-0.05, 0) is 87.5 Å². The third kappa shape index (κ3) is 7.61. The fraction of sp³-hybridized carbons (Fsp3) is 0.387. The second-order valence-electron chi connectivity index (χ2n) is 11.2. The number of unbranched alkanes of at least 4 members (excludes halogenated alkanes) is 2. The van der Waals surface area contributed by atoms with Crippen molar-refractivity contribution in [2.45, 2.75) is 81.0 Å². The molecule has 2 aromatic rings. The molecule has 1 saturated heterocycles. The number of carbonyl (C=O) groups is 3. The molecule has 5 rings (SSSR count). The van der Waals surface area contributed by atoms with Crippen LogP contribution in [0.15, 0.2) is 74.6 Å². The van der Waals surface area contributed by atoms with Crippen LogP contribution in [-0.4, -0.2) is 48.1 Å². The molecule has 4 heterocycles. The van der Waals surface area contributed by atoms with Gasteiger partial charge in [0, 0.05) is 30.7 Å². The minimum atomic E-state index is -4.54. The van der Waals surface area contributed by atoms with E-state index in [1.165, 1.54) is 23.9 Å². The Hall–Kier alpha value is -2.81. The van der Waals surface area contributed by atoms with Gasteiger partial charge >= 0.3 is 41.3 Å². The molecule has 0 atom stereocenters. The van der Waals surface area contributed by atoms with Crippen molar-refractivity contribution in [1.82, 2.24) is 5.06 Å². The van der Waals surface area contributed by atoms with Gasteiger partial charge in [-0.1, -0.05) is 17.8 Å². The Kier molecular flexibility index (Phi) is 11.1. The van der Waals surface area contributed by atoms with Gasteiger partial charge in [0.2, 0.25) is 0 Å². The Labute approximate surface area is 289 Å². The van der Waals surface area contributed by atoms with E-state index >= 15 is 0 Å². The van der Waals surface area contributed by atoms with Gasteiger partial charge in [0.05, 0.1) is 39.3 Å². The minimum Gasteiger partial charge on any atom is -0.744 e. The molecule has 0 saturated carbocycles. The summed E-state index contributed by atoms with van der Waals surface area (Å²) in [4.78, 5) is 47.8. The molecule has 45 heavy (non-hydrogen) atoms. The summed E-state index contributed by atoms with van der Waals surface area (Å²) < 4.78 is 36.7. The zero-order valence-electron chi connectivity index (χ0n) is 25.8. The maximum atomic E-state index is 12.1. The molecule has 232 valence electrons. The van der Waals surface area contributed by atoms with Crippen LogP contribution in [0.3, 0.4) is 0 Å². The van der Waals surface area contributed by atoms with E-state index in [0.717, 1.165) is 39.9 Å². The van der Waals surface area contributed by atoms with Crippen molar-refractivity contribution in [2.75, 3.05) is 11.4 Å². The van der Waals surface area contributed by atoms with E-state index in [1.807, 2.05) is 42.3 Å². The zero-order valence-corrected chi connectivity index (χ0v) is 29.4. The molecular weight excluding hydrogens is 627 g/mol. The van der Waals surface area contributed by atoms with Crippen LogP contribution >= 0.6 is 11.8 Å². The molecule has 2 amide bonds. The molecule has 1 fully saturated rings. The van der Waals surface area contributed by atoms with Gasteiger partial charge in [0.1, 0.15) is 10.1 Å². The molecule has 0 unspecified atom stereocenters. The summed E-state index contributed by atoms with van der Waals surface area (Å²) in [7, 11) is -4.54. The number of allylic oxidation sites excluding steroid dienone is 3. The van der Waals surface area contributed by atoms with Crippen LogP contribution in [0.5, 0.6) is 0 Å². The van der Waals surface area contributed by atoms with Crippen LogP contribution in [0.25, 0.3) is 0 Å². The van der Waals surface area contributed by atoms with Crippen molar-refractivity contribution in [1.29, 1.82) is 0 Å². The Morgan fingerprint density at radius 1 is 1.16 bits per heavy atom. The first-order valence-electron chi connectivity index (χ1n) is 14.5. The van der Waals surface area contributed by atoms with E-state index in [4.69, 9.17) is 9.83 Å². The predicted octanol–water partition coefficient (Wildman–Crippen LogP) is 1.44. The molecule has 14 heteroatoms. The number of imide groups is 1. The summed E-state index contributed by atoms with van der Waals surface area (Å²) in [5, 5.41) is 1.50. The molecule has 0 aliphatic carbocycles. The van der Waals surface area contributed by atoms with Crippen LogP contribution in [0.4, 0.5) is 11.5 Å². The number of nitrogens with zero attached hydrogens (tertiary/aromatic N) is 4. The number of benzene rings is 1. The van der Waals surface area contributed by atoms with Crippen LogP contribution in [-0.2, 0) is 41.3 Å². The van der Waals surface area contributed by atoms with Crippen LogP contribution in [0, 0.1) is 0 Å². The summed E-state index contributed by atoms with van der Waals surface area (Å²) in [6, 6.07) is 8.54. The Bertz CT molecular complexity index is 1700. The third-order valence-corrected chi connectivity index (χ3v) is 9.82. The predicted molar refractivity (Wildman–Crippen MR) is 163 cm³/mol. The topological polar surface area (TPSA) is 140 Å². The van der Waals surface area contributed by atoms with Crippen molar-refractivity contribution in [3.63, 3.8) is 0 Å². The van der Waals surface area contributed by atoms with Crippen molar-refractivity contribution < 1.29 is 66.3 Å². The van der Waals surface area contributed by atoms with Crippen LogP contribution in [0.2, 0.25) is 0 Å². The molecule has 1 aromatic heterocycles. The van der Waals surface area contributed by atoms with Crippen molar-refractivity contribution in [3.8, 4) is 0 Å². The average Bonchev–Trinajstić information content (AvgIpc) is 3.58. The second-order valence-corrected chi connectivity index (χ2v) is 13.7.